The summed E-state index contributed by atoms with van der Waals surface area (Å²) in [6.07, 6.45) is 9.55. The normalized spacial score (nSPS) is 16.4. The summed E-state index contributed by atoms with van der Waals surface area (Å²) in [5.74, 6) is 0.846. The van der Waals surface area contributed by atoms with Crippen molar-refractivity contribution < 1.29 is 4.42 Å². The van der Waals surface area contributed by atoms with E-state index in [1.807, 2.05) is 18.2 Å². The van der Waals surface area contributed by atoms with Gasteiger partial charge in [-0.1, -0.05) is 105 Å². The second-order valence-electron chi connectivity index (χ2n) is 13.3. The Morgan fingerprint density at radius 1 is 0.702 bits per heavy atom. The Kier molecular flexibility index (Phi) is 5.43. The molecule has 2 aliphatic carbocycles. The summed E-state index contributed by atoms with van der Waals surface area (Å²) in [5.41, 5.74) is 12.4. The molecule has 4 heteroatoms. The molecule has 47 heavy (non-hydrogen) atoms. The summed E-state index contributed by atoms with van der Waals surface area (Å²) in [6.45, 7) is 4.69. The van der Waals surface area contributed by atoms with Gasteiger partial charge in [0.1, 0.15) is 5.58 Å². The molecule has 0 aliphatic heterocycles. The van der Waals surface area contributed by atoms with E-state index in [4.69, 9.17) is 14.4 Å². The molecule has 3 heterocycles. The van der Waals surface area contributed by atoms with Crippen LogP contribution in [0.5, 0.6) is 0 Å². The lowest BCUT2D eigenvalue weighted by atomic mass is 9.82. The van der Waals surface area contributed by atoms with Gasteiger partial charge >= 0.3 is 0 Å². The minimum atomic E-state index is -0.0472. The highest BCUT2D eigenvalue weighted by molar-refractivity contribution is 6.18. The number of hydrogen-bond donors (Lipinski definition) is 0. The fraction of sp³-hybridized carbons (Fsp3) is 0.116. The van der Waals surface area contributed by atoms with Crippen molar-refractivity contribution in [1.29, 1.82) is 0 Å². The van der Waals surface area contributed by atoms with Gasteiger partial charge in [-0.25, -0.2) is 4.98 Å². The first-order chi connectivity index (χ1) is 23.1. The molecule has 1 atom stereocenters. The Labute approximate surface area is 272 Å². The van der Waals surface area contributed by atoms with E-state index in [0.717, 1.165) is 39.7 Å². The quantitative estimate of drug-likeness (QED) is 0.201. The van der Waals surface area contributed by atoms with E-state index in [0.29, 0.717) is 11.5 Å². The van der Waals surface area contributed by atoms with Crippen LogP contribution in [0.2, 0.25) is 0 Å². The van der Waals surface area contributed by atoms with Gasteiger partial charge in [0.15, 0.2) is 5.82 Å². The van der Waals surface area contributed by atoms with Crippen LogP contribution in [0.25, 0.3) is 72.1 Å². The molecule has 0 bridgehead atoms. The first kappa shape index (κ1) is 26.5. The molecule has 1 unspecified atom stereocenters. The fourth-order valence-electron chi connectivity index (χ4n) is 8.12. The van der Waals surface area contributed by atoms with Gasteiger partial charge in [0.2, 0.25) is 5.71 Å². The zero-order valence-corrected chi connectivity index (χ0v) is 26.2. The van der Waals surface area contributed by atoms with E-state index in [-0.39, 0.29) is 11.3 Å². The number of rotatable bonds is 3. The number of fused-ring (bicyclic) bond motifs is 10. The monoisotopic (exact) mass is 605 g/mol. The van der Waals surface area contributed by atoms with Gasteiger partial charge in [0, 0.05) is 38.7 Å². The smallest absolute Gasteiger partial charge is 0.231 e. The van der Waals surface area contributed by atoms with Crippen LogP contribution in [0.3, 0.4) is 0 Å². The zero-order chi connectivity index (χ0) is 31.3. The highest BCUT2D eigenvalue weighted by atomic mass is 16.3. The fourth-order valence-corrected chi connectivity index (χ4v) is 8.12. The third kappa shape index (κ3) is 3.70. The summed E-state index contributed by atoms with van der Waals surface area (Å²) in [4.78, 5) is 10.2. The number of allylic oxidation sites excluding steroid dienone is 4. The molecule has 5 aromatic carbocycles. The average Bonchev–Trinajstić information content (AvgIpc) is 3.74. The van der Waals surface area contributed by atoms with Gasteiger partial charge in [0.25, 0.3) is 0 Å². The molecule has 0 saturated heterocycles. The lowest BCUT2D eigenvalue weighted by Crippen LogP contribution is -2.14. The minimum absolute atomic E-state index is 0.0472. The summed E-state index contributed by atoms with van der Waals surface area (Å²) in [5, 5.41) is 4.66. The highest BCUT2D eigenvalue weighted by Crippen LogP contribution is 2.53. The van der Waals surface area contributed by atoms with Crippen molar-refractivity contribution >= 4 is 43.9 Å². The largest absolute Gasteiger partial charge is 0.438 e. The number of furan rings is 1. The third-order valence-corrected chi connectivity index (χ3v) is 10.4. The Hall–Kier alpha value is -5.74. The molecule has 8 aromatic rings. The van der Waals surface area contributed by atoms with Crippen LogP contribution in [-0.4, -0.2) is 14.5 Å². The molecule has 224 valence electrons. The molecule has 0 spiro atoms. The molecule has 0 amide bonds. The van der Waals surface area contributed by atoms with Crippen molar-refractivity contribution in [2.75, 3.05) is 0 Å². The minimum Gasteiger partial charge on any atom is -0.438 e. The first-order valence-electron chi connectivity index (χ1n) is 16.4. The van der Waals surface area contributed by atoms with E-state index in [2.05, 4.69) is 134 Å². The van der Waals surface area contributed by atoms with E-state index >= 15 is 0 Å². The predicted molar refractivity (Wildman–Crippen MR) is 192 cm³/mol. The predicted octanol–water partition coefficient (Wildman–Crippen LogP) is 11.0. The lowest BCUT2D eigenvalue weighted by molar-refractivity contribution is 0.651. The Morgan fingerprint density at radius 3 is 2.34 bits per heavy atom. The summed E-state index contributed by atoms with van der Waals surface area (Å²) in [7, 11) is 0. The topological polar surface area (TPSA) is 43.9 Å². The highest BCUT2D eigenvalue weighted by Gasteiger charge is 2.37. The zero-order valence-electron chi connectivity index (χ0n) is 26.2. The van der Waals surface area contributed by atoms with Crippen LogP contribution in [0.1, 0.15) is 43.0 Å². The van der Waals surface area contributed by atoms with E-state index in [1.165, 1.54) is 44.1 Å². The molecule has 0 saturated carbocycles. The van der Waals surface area contributed by atoms with E-state index in [9.17, 15) is 0 Å². The second kappa shape index (κ2) is 9.63. The number of nitrogens with zero attached hydrogens (tertiary/aromatic N) is 3. The lowest BCUT2D eigenvalue weighted by Gasteiger charge is -2.21. The summed E-state index contributed by atoms with van der Waals surface area (Å²) in [6, 6.07) is 39.2. The maximum absolute atomic E-state index is 6.30. The molecule has 10 rings (SSSR count). The van der Waals surface area contributed by atoms with Crippen LogP contribution >= 0.6 is 0 Å². The number of para-hydroxylation sites is 2. The SMILES string of the molecule is CC1(C)c2ccccc2-c2c1ccc1c2c2ccccc2n1-c1ccc(-c2nc(C3C=CC=CC3)c3c(n2)oc2ccccc23)cc1. The second-order valence-corrected chi connectivity index (χ2v) is 13.3. The Bertz CT molecular complexity index is 2630. The van der Waals surface area contributed by atoms with Crippen molar-refractivity contribution in [3.8, 4) is 28.2 Å². The van der Waals surface area contributed by atoms with Gasteiger partial charge < -0.3 is 8.98 Å². The first-order valence-corrected chi connectivity index (χ1v) is 16.4. The van der Waals surface area contributed by atoms with Crippen molar-refractivity contribution in [3.05, 3.63) is 150 Å². The maximum atomic E-state index is 6.30. The standard InChI is InChI=1S/C43H31N3O/c1-43(2)32-17-9-6-14-29(32)37-33(43)24-25-35-38(37)30-15-7-10-18-34(30)46(35)28-22-20-27(21-23-28)41-44-40(26-12-4-3-5-13-26)39-31-16-8-11-19-36(31)47-42(39)45-41/h3-12,14-26H,13H2,1-2H3. The molecule has 3 aromatic heterocycles. The molecule has 0 radical (unpaired) electrons. The van der Waals surface area contributed by atoms with E-state index < -0.39 is 0 Å². The van der Waals surface area contributed by atoms with Crippen molar-refractivity contribution in [2.45, 2.75) is 31.6 Å². The van der Waals surface area contributed by atoms with Gasteiger partial charge in [-0.3, -0.25) is 0 Å². The molecule has 0 fully saturated rings. The van der Waals surface area contributed by atoms with Crippen LogP contribution < -0.4 is 0 Å². The molecule has 0 N–H and O–H groups in total. The van der Waals surface area contributed by atoms with Crippen molar-refractivity contribution in [2.24, 2.45) is 0 Å². The Balaban J connectivity index is 1.15. The van der Waals surface area contributed by atoms with Gasteiger partial charge in [-0.2, -0.15) is 4.98 Å². The maximum Gasteiger partial charge on any atom is 0.231 e. The van der Waals surface area contributed by atoms with Crippen LogP contribution in [0, 0.1) is 0 Å². The van der Waals surface area contributed by atoms with Crippen LogP contribution in [0.4, 0.5) is 0 Å². The summed E-state index contributed by atoms with van der Waals surface area (Å²) < 4.78 is 8.70. The summed E-state index contributed by atoms with van der Waals surface area (Å²) >= 11 is 0. The average molecular weight is 606 g/mol. The molecular formula is C43H31N3O. The van der Waals surface area contributed by atoms with Crippen molar-refractivity contribution in [3.63, 3.8) is 0 Å². The third-order valence-electron chi connectivity index (χ3n) is 10.4. The van der Waals surface area contributed by atoms with Crippen LogP contribution in [0.15, 0.2) is 138 Å². The van der Waals surface area contributed by atoms with Gasteiger partial charge in [-0.05, 0) is 71.1 Å². The van der Waals surface area contributed by atoms with Crippen LogP contribution in [-0.2, 0) is 5.41 Å². The van der Waals surface area contributed by atoms with Gasteiger partial charge in [0.05, 0.1) is 22.1 Å². The molecule has 2 aliphatic rings. The van der Waals surface area contributed by atoms with Gasteiger partial charge in [-0.15, -0.1) is 0 Å². The van der Waals surface area contributed by atoms with Crippen molar-refractivity contribution in [1.82, 2.24) is 14.5 Å². The number of hydrogen-bond acceptors (Lipinski definition) is 3. The number of aromatic nitrogens is 3. The molecular weight excluding hydrogens is 574 g/mol. The molecule has 4 nitrogen and oxygen atoms in total. The number of benzene rings is 5. The van der Waals surface area contributed by atoms with E-state index in [1.54, 1.807) is 0 Å². The Morgan fingerprint density at radius 2 is 1.49 bits per heavy atom.